The van der Waals surface area contributed by atoms with Gasteiger partial charge >= 0.3 is 5.97 Å². The molecule has 0 aliphatic rings. The molecule has 0 unspecified atom stereocenters. The van der Waals surface area contributed by atoms with Gasteiger partial charge in [0, 0.05) is 0 Å². The molecule has 0 rings (SSSR count). The van der Waals surface area contributed by atoms with E-state index in [9.17, 15) is 4.79 Å². The molecule has 0 radical (unpaired) electrons. The Morgan fingerprint density at radius 2 is 1.85 bits per heavy atom. The van der Waals surface area contributed by atoms with Crippen molar-refractivity contribution in [3.63, 3.8) is 0 Å². The first kappa shape index (κ1) is 12.4. The van der Waals surface area contributed by atoms with Crippen LogP contribution in [0.5, 0.6) is 0 Å². The molecule has 0 amide bonds. The van der Waals surface area contributed by atoms with Crippen LogP contribution in [0.1, 0.15) is 13.8 Å². The van der Waals surface area contributed by atoms with Crippen molar-refractivity contribution in [1.29, 1.82) is 0 Å². The lowest BCUT2D eigenvalue weighted by Gasteiger charge is -2.29. The summed E-state index contributed by atoms with van der Waals surface area (Å²) in [6.07, 6.45) is 4.01. The predicted molar refractivity (Wildman–Crippen MR) is 58.7 cm³/mol. The molecule has 0 heterocycles. The molecule has 0 saturated carbocycles. The first-order valence-corrected chi connectivity index (χ1v) is 8.24. The lowest BCUT2D eigenvalue weighted by atomic mass is 10.1. The van der Waals surface area contributed by atoms with Crippen LogP contribution in [0.3, 0.4) is 0 Å². The molecule has 0 aromatic rings. The minimum absolute atomic E-state index is 0.231. The zero-order valence-corrected chi connectivity index (χ0v) is 10.2. The van der Waals surface area contributed by atoms with Gasteiger partial charge in [-0.3, -0.25) is 4.79 Å². The minimum atomic E-state index is -1.40. The Labute approximate surface area is 81.7 Å². The van der Waals surface area contributed by atoms with E-state index in [1.54, 1.807) is 6.92 Å². The van der Waals surface area contributed by atoms with E-state index in [-0.39, 0.29) is 11.5 Å². The Balaban J connectivity index is 4.71. The molecule has 2 atom stereocenters. The van der Waals surface area contributed by atoms with Gasteiger partial charge in [-0.05, 0) is 12.5 Å². The standard InChI is InChI=1S/C10H20O2Si/c1-6-7-9(13(3,4)5)8(2)10(11)12/h6-9H,1-5H3,(H,11,12)/b7-6+/t8-,9-/m0/s1. The summed E-state index contributed by atoms with van der Waals surface area (Å²) in [5.41, 5.74) is 0.231. The lowest BCUT2D eigenvalue weighted by Crippen LogP contribution is -2.34. The molecule has 0 aromatic carbocycles. The fourth-order valence-electron chi connectivity index (χ4n) is 1.57. The van der Waals surface area contributed by atoms with Crippen molar-refractivity contribution in [3.05, 3.63) is 12.2 Å². The van der Waals surface area contributed by atoms with Crippen molar-refractivity contribution < 1.29 is 9.90 Å². The minimum Gasteiger partial charge on any atom is -0.481 e. The van der Waals surface area contributed by atoms with Crippen LogP contribution in [0, 0.1) is 5.92 Å². The van der Waals surface area contributed by atoms with E-state index in [1.807, 2.05) is 19.1 Å². The number of carboxylic acids is 1. The largest absolute Gasteiger partial charge is 0.481 e. The highest BCUT2D eigenvalue weighted by atomic mass is 28.3. The monoisotopic (exact) mass is 200 g/mol. The fraction of sp³-hybridized carbons (Fsp3) is 0.700. The average molecular weight is 200 g/mol. The van der Waals surface area contributed by atoms with Gasteiger partial charge in [0.05, 0.1) is 14.0 Å². The second-order valence-electron chi connectivity index (χ2n) is 4.54. The molecule has 2 nitrogen and oxygen atoms in total. The van der Waals surface area contributed by atoms with Gasteiger partial charge in [0.25, 0.3) is 0 Å². The molecule has 0 fully saturated rings. The number of carbonyl (C=O) groups is 1. The number of hydrogen-bond donors (Lipinski definition) is 1. The van der Waals surface area contributed by atoms with Crippen molar-refractivity contribution in [2.75, 3.05) is 0 Å². The van der Waals surface area contributed by atoms with E-state index in [0.29, 0.717) is 0 Å². The van der Waals surface area contributed by atoms with Gasteiger partial charge < -0.3 is 5.11 Å². The maximum Gasteiger partial charge on any atom is 0.306 e. The van der Waals surface area contributed by atoms with E-state index in [2.05, 4.69) is 19.6 Å². The molecule has 0 aliphatic heterocycles. The quantitative estimate of drug-likeness (QED) is 0.559. The van der Waals surface area contributed by atoms with Crippen LogP contribution in [-0.4, -0.2) is 19.1 Å². The SMILES string of the molecule is C/C=C/[C@@H]([C@H](C)C(=O)O)[Si](C)(C)C. The van der Waals surface area contributed by atoms with Crippen molar-refractivity contribution in [1.82, 2.24) is 0 Å². The summed E-state index contributed by atoms with van der Waals surface area (Å²) in [7, 11) is -1.40. The molecule has 3 heteroatoms. The zero-order chi connectivity index (χ0) is 10.6. The molecule has 0 aliphatic carbocycles. The summed E-state index contributed by atoms with van der Waals surface area (Å²) in [5.74, 6) is -0.951. The Kier molecular flexibility index (Phi) is 4.40. The van der Waals surface area contributed by atoms with Gasteiger partial charge in [0.2, 0.25) is 0 Å². The molecular weight excluding hydrogens is 180 g/mol. The summed E-state index contributed by atoms with van der Waals surface area (Å²) >= 11 is 0. The molecule has 0 aromatic heterocycles. The van der Waals surface area contributed by atoms with Gasteiger partial charge in [-0.2, -0.15) is 0 Å². The predicted octanol–water partition coefficient (Wildman–Crippen LogP) is 2.99. The zero-order valence-electron chi connectivity index (χ0n) is 9.16. The third kappa shape index (κ3) is 3.76. The second kappa shape index (κ2) is 4.60. The second-order valence-corrected chi connectivity index (χ2v) is 9.94. The van der Waals surface area contributed by atoms with E-state index in [4.69, 9.17) is 5.11 Å². The van der Waals surface area contributed by atoms with Gasteiger partial charge in [0.1, 0.15) is 0 Å². The van der Waals surface area contributed by atoms with Crippen LogP contribution in [0.2, 0.25) is 25.2 Å². The average Bonchev–Trinajstić information content (AvgIpc) is 1.96. The van der Waals surface area contributed by atoms with Crippen LogP contribution in [0.4, 0.5) is 0 Å². The molecule has 1 N–H and O–H groups in total. The molecule has 76 valence electrons. The Bertz CT molecular complexity index is 203. The van der Waals surface area contributed by atoms with E-state index in [0.717, 1.165) is 0 Å². The first-order chi connectivity index (χ1) is 5.80. The lowest BCUT2D eigenvalue weighted by molar-refractivity contribution is -0.141. The van der Waals surface area contributed by atoms with Gasteiger partial charge in [-0.25, -0.2) is 0 Å². The summed E-state index contributed by atoms with van der Waals surface area (Å²) in [5, 5.41) is 8.93. The van der Waals surface area contributed by atoms with Crippen molar-refractivity contribution in [3.8, 4) is 0 Å². The van der Waals surface area contributed by atoms with E-state index < -0.39 is 14.0 Å². The number of aliphatic carboxylic acids is 1. The Morgan fingerprint density at radius 1 is 1.38 bits per heavy atom. The summed E-state index contributed by atoms with van der Waals surface area (Å²) in [6.45, 7) is 10.4. The van der Waals surface area contributed by atoms with Gasteiger partial charge in [-0.15, -0.1) is 0 Å². The number of hydrogen-bond acceptors (Lipinski definition) is 1. The van der Waals surface area contributed by atoms with Crippen molar-refractivity contribution >= 4 is 14.0 Å². The Morgan fingerprint density at radius 3 is 2.08 bits per heavy atom. The maximum absolute atomic E-state index is 10.9. The number of carboxylic acid groups (broad SMARTS) is 1. The van der Waals surface area contributed by atoms with Crippen LogP contribution < -0.4 is 0 Å². The summed E-state index contributed by atoms with van der Waals surface area (Å²) in [4.78, 5) is 10.9. The fourth-order valence-corrected chi connectivity index (χ4v) is 3.98. The van der Waals surface area contributed by atoms with Crippen molar-refractivity contribution in [2.24, 2.45) is 5.92 Å². The first-order valence-electron chi connectivity index (χ1n) is 4.66. The molecule has 0 saturated heterocycles. The number of allylic oxidation sites excluding steroid dienone is 2. The van der Waals surface area contributed by atoms with Gasteiger partial charge in [-0.1, -0.05) is 38.7 Å². The summed E-state index contributed by atoms with van der Waals surface area (Å²) in [6, 6.07) is 0. The topological polar surface area (TPSA) is 37.3 Å². The normalized spacial score (nSPS) is 17.3. The molecule has 13 heavy (non-hydrogen) atoms. The van der Waals surface area contributed by atoms with E-state index in [1.165, 1.54) is 0 Å². The number of rotatable bonds is 4. The molecular formula is C10H20O2Si. The highest BCUT2D eigenvalue weighted by molar-refractivity contribution is 6.78. The van der Waals surface area contributed by atoms with Gasteiger partial charge in [0.15, 0.2) is 0 Å². The maximum atomic E-state index is 10.9. The van der Waals surface area contributed by atoms with Crippen molar-refractivity contribution in [2.45, 2.75) is 39.0 Å². The summed E-state index contributed by atoms with van der Waals surface area (Å²) < 4.78 is 0. The smallest absolute Gasteiger partial charge is 0.306 e. The van der Waals surface area contributed by atoms with Crippen LogP contribution >= 0.6 is 0 Å². The van der Waals surface area contributed by atoms with Crippen LogP contribution in [0.25, 0.3) is 0 Å². The molecule has 0 spiro atoms. The van der Waals surface area contributed by atoms with Crippen LogP contribution in [0.15, 0.2) is 12.2 Å². The van der Waals surface area contributed by atoms with E-state index >= 15 is 0 Å². The van der Waals surface area contributed by atoms with Crippen LogP contribution in [-0.2, 0) is 4.79 Å². The molecule has 0 bridgehead atoms. The highest BCUT2D eigenvalue weighted by Crippen LogP contribution is 2.31. The third-order valence-corrected chi connectivity index (χ3v) is 5.02. The third-order valence-electron chi connectivity index (χ3n) is 2.33. The highest BCUT2D eigenvalue weighted by Gasteiger charge is 2.32. The Hall–Kier alpha value is -0.573.